The number of nitrogens with one attached hydrogen (secondary N) is 2. The third-order valence-corrected chi connectivity index (χ3v) is 5.09. The number of hydrogen-bond acceptors (Lipinski definition) is 4. The quantitative estimate of drug-likeness (QED) is 0.526. The lowest BCUT2D eigenvalue weighted by molar-refractivity contribution is 0.0946. The van der Waals surface area contributed by atoms with Crippen molar-refractivity contribution in [1.82, 2.24) is 10.3 Å². The number of fused-ring (bicyclic) bond motifs is 1. The largest absolute Gasteiger partial charge is 0.497 e. The number of nitrogens with zero attached hydrogens (tertiary/aromatic N) is 1. The van der Waals surface area contributed by atoms with Gasteiger partial charge in [-0.2, -0.15) is 0 Å². The highest BCUT2D eigenvalue weighted by Gasteiger charge is 2.23. The Kier molecular flexibility index (Phi) is 6.03. The second kappa shape index (κ2) is 9.06. The van der Waals surface area contributed by atoms with Crippen LogP contribution in [0.5, 0.6) is 11.5 Å². The average Bonchev–Trinajstić information content (AvgIpc) is 3.22. The molecule has 0 unspecified atom stereocenters. The topological polar surface area (TPSA) is 66.6 Å². The number of hydrogen-bond donors (Lipinski definition) is 2. The molecule has 1 aliphatic heterocycles. The second-order valence-electron chi connectivity index (χ2n) is 7.84. The second-order valence-corrected chi connectivity index (χ2v) is 7.84. The highest BCUT2D eigenvalue weighted by atomic mass is 16.5. The molecule has 0 atom stereocenters. The van der Waals surface area contributed by atoms with Crippen LogP contribution in [0, 0.1) is 0 Å². The number of amides is 1. The molecule has 0 bridgehead atoms. The molecule has 0 saturated heterocycles. The summed E-state index contributed by atoms with van der Waals surface area (Å²) >= 11 is 0. The third-order valence-electron chi connectivity index (χ3n) is 5.09. The van der Waals surface area contributed by atoms with E-state index in [-0.39, 0.29) is 12.0 Å². The van der Waals surface area contributed by atoms with Crippen molar-refractivity contribution in [3.8, 4) is 11.5 Å². The van der Waals surface area contributed by atoms with E-state index in [0.717, 1.165) is 39.8 Å². The van der Waals surface area contributed by atoms with Gasteiger partial charge in [-0.15, -0.1) is 0 Å². The van der Waals surface area contributed by atoms with Gasteiger partial charge in [0.2, 0.25) is 0 Å². The first-order chi connectivity index (χ1) is 15.4. The van der Waals surface area contributed by atoms with Crippen molar-refractivity contribution in [2.45, 2.75) is 26.5 Å². The molecule has 2 N–H and O–H groups in total. The Morgan fingerprint density at radius 1 is 1.09 bits per heavy atom. The van der Waals surface area contributed by atoms with Gasteiger partial charge in [-0.1, -0.05) is 18.7 Å². The molecule has 0 radical (unpaired) electrons. The van der Waals surface area contributed by atoms with E-state index in [0.29, 0.717) is 12.2 Å². The number of aromatic amines is 1. The number of ether oxygens (including phenoxy) is 2. The van der Waals surface area contributed by atoms with Gasteiger partial charge in [0, 0.05) is 23.5 Å². The van der Waals surface area contributed by atoms with E-state index in [1.807, 2.05) is 85.5 Å². The lowest BCUT2D eigenvalue weighted by Gasteiger charge is -2.27. The van der Waals surface area contributed by atoms with Crippen LogP contribution >= 0.6 is 0 Å². The summed E-state index contributed by atoms with van der Waals surface area (Å²) in [5, 5.41) is 2.96. The number of aromatic nitrogens is 1. The first kappa shape index (κ1) is 21.3. The van der Waals surface area contributed by atoms with Gasteiger partial charge in [0.15, 0.2) is 0 Å². The Bertz CT molecular complexity index is 1160. The van der Waals surface area contributed by atoms with Gasteiger partial charge in [-0.3, -0.25) is 9.69 Å². The van der Waals surface area contributed by atoms with E-state index >= 15 is 0 Å². The molecule has 3 aromatic rings. The highest BCUT2D eigenvalue weighted by Crippen LogP contribution is 2.37. The van der Waals surface area contributed by atoms with Crippen LogP contribution in [0.4, 0.5) is 11.5 Å². The standard InChI is InChI=1S/C26H27N3O3/c1-17(2)32-22-12-10-21(11-13-22)29-18(3)8-9-20-15-24(28-25(20)29)26(30)27-16-19-6-5-7-23(14-19)31-4/h5-15,17,28H,3,16H2,1-2,4H3,(H,27,30). The molecular weight excluding hydrogens is 402 g/mol. The van der Waals surface area contributed by atoms with Crippen molar-refractivity contribution in [2.24, 2.45) is 0 Å². The van der Waals surface area contributed by atoms with Crippen LogP contribution in [0.15, 0.2) is 72.9 Å². The van der Waals surface area contributed by atoms with E-state index in [9.17, 15) is 4.79 Å². The fraction of sp³-hybridized carbons (Fsp3) is 0.192. The Morgan fingerprint density at radius 2 is 1.88 bits per heavy atom. The Morgan fingerprint density at radius 3 is 2.59 bits per heavy atom. The highest BCUT2D eigenvalue weighted by molar-refractivity contribution is 5.96. The summed E-state index contributed by atoms with van der Waals surface area (Å²) < 4.78 is 11.0. The molecule has 0 fully saturated rings. The fourth-order valence-corrected chi connectivity index (χ4v) is 3.60. The van der Waals surface area contributed by atoms with E-state index in [4.69, 9.17) is 9.47 Å². The van der Waals surface area contributed by atoms with Crippen molar-refractivity contribution < 1.29 is 14.3 Å². The van der Waals surface area contributed by atoms with Gasteiger partial charge < -0.3 is 19.8 Å². The Balaban J connectivity index is 1.52. The van der Waals surface area contributed by atoms with E-state index in [1.165, 1.54) is 0 Å². The molecule has 1 aromatic heterocycles. The zero-order valence-corrected chi connectivity index (χ0v) is 18.5. The summed E-state index contributed by atoms with van der Waals surface area (Å²) in [6.45, 7) is 8.56. The SMILES string of the molecule is C=C1C=Cc2cc(C(=O)NCc3cccc(OC)c3)[nH]c2N1c1ccc(OC(C)C)cc1. The molecule has 6 heteroatoms. The van der Waals surface area contributed by atoms with Crippen LogP contribution < -0.4 is 19.7 Å². The number of allylic oxidation sites excluding steroid dienone is 1. The molecule has 0 saturated carbocycles. The monoisotopic (exact) mass is 429 g/mol. The normalized spacial score (nSPS) is 12.6. The molecule has 2 heterocycles. The summed E-state index contributed by atoms with van der Waals surface area (Å²) in [5.41, 5.74) is 4.11. The average molecular weight is 430 g/mol. The molecule has 1 amide bonds. The fourth-order valence-electron chi connectivity index (χ4n) is 3.60. The van der Waals surface area contributed by atoms with Gasteiger partial charge in [-0.05, 0) is 74.0 Å². The van der Waals surface area contributed by atoms with Gasteiger partial charge in [-0.25, -0.2) is 0 Å². The van der Waals surface area contributed by atoms with Crippen molar-refractivity contribution >= 4 is 23.5 Å². The van der Waals surface area contributed by atoms with Crippen molar-refractivity contribution in [3.05, 3.63) is 89.8 Å². The zero-order valence-electron chi connectivity index (χ0n) is 18.5. The van der Waals surface area contributed by atoms with Crippen LogP contribution in [0.3, 0.4) is 0 Å². The number of benzene rings is 2. The molecule has 6 nitrogen and oxygen atoms in total. The zero-order chi connectivity index (χ0) is 22.7. The summed E-state index contributed by atoms with van der Waals surface area (Å²) in [4.78, 5) is 18.1. The van der Waals surface area contributed by atoms with Crippen LogP contribution in [0.25, 0.3) is 6.08 Å². The number of anilines is 2. The molecular formula is C26H27N3O3. The summed E-state index contributed by atoms with van der Waals surface area (Å²) in [6.07, 6.45) is 4.01. The predicted molar refractivity (Wildman–Crippen MR) is 127 cm³/mol. The molecule has 1 aliphatic rings. The number of H-pyrrole nitrogens is 1. The smallest absolute Gasteiger partial charge is 0.268 e. The molecule has 164 valence electrons. The van der Waals surface area contributed by atoms with Gasteiger partial charge in [0.25, 0.3) is 5.91 Å². The van der Waals surface area contributed by atoms with Crippen LogP contribution in [0.2, 0.25) is 0 Å². The number of methoxy groups -OCH3 is 1. The van der Waals surface area contributed by atoms with E-state index in [1.54, 1.807) is 7.11 Å². The number of carbonyl (C=O) groups excluding carboxylic acids is 1. The molecule has 0 aliphatic carbocycles. The summed E-state index contributed by atoms with van der Waals surface area (Å²) in [5.74, 6) is 2.20. The number of rotatable bonds is 7. The molecule has 4 rings (SSSR count). The maximum absolute atomic E-state index is 12.8. The van der Waals surface area contributed by atoms with Crippen LogP contribution in [-0.4, -0.2) is 24.1 Å². The first-order valence-electron chi connectivity index (χ1n) is 10.5. The Hall–Kier alpha value is -3.93. The summed E-state index contributed by atoms with van der Waals surface area (Å²) in [6, 6.07) is 17.3. The minimum Gasteiger partial charge on any atom is -0.497 e. The minimum absolute atomic E-state index is 0.113. The summed E-state index contributed by atoms with van der Waals surface area (Å²) in [7, 11) is 1.62. The van der Waals surface area contributed by atoms with Gasteiger partial charge in [0.05, 0.1) is 13.2 Å². The van der Waals surface area contributed by atoms with E-state index in [2.05, 4.69) is 16.9 Å². The van der Waals surface area contributed by atoms with Gasteiger partial charge in [0.1, 0.15) is 23.0 Å². The molecule has 32 heavy (non-hydrogen) atoms. The number of carbonyl (C=O) groups is 1. The third kappa shape index (κ3) is 4.54. The lowest BCUT2D eigenvalue weighted by atomic mass is 10.1. The van der Waals surface area contributed by atoms with Crippen LogP contribution in [-0.2, 0) is 6.54 Å². The van der Waals surface area contributed by atoms with Crippen molar-refractivity contribution in [1.29, 1.82) is 0 Å². The molecule has 0 spiro atoms. The van der Waals surface area contributed by atoms with Crippen molar-refractivity contribution in [3.63, 3.8) is 0 Å². The maximum Gasteiger partial charge on any atom is 0.268 e. The van der Waals surface area contributed by atoms with Crippen molar-refractivity contribution in [2.75, 3.05) is 12.0 Å². The van der Waals surface area contributed by atoms with Crippen LogP contribution in [0.1, 0.15) is 35.5 Å². The predicted octanol–water partition coefficient (Wildman–Crippen LogP) is 5.42. The first-order valence-corrected chi connectivity index (χ1v) is 10.5. The maximum atomic E-state index is 12.8. The Labute approximate surface area is 188 Å². The lowest BCUT2D eigenvalue weighted by Crippen LogP contribution is -2.23. The minimum atomic E-state index is -0.179. The molecule has 2 aromatic carbocycles. The van der Waals surface area contributed by atoms with E-state index < -0.39 is 0 Å². The van der Waals surface area contributed by atoms with Gasteiger partial charge >= 0.3 is 0 Å².